The highest BCUT2D eigenvalue weighted by Crippen LogP contribution is 2.37. The van der Waals surface area contributed by atoms with Crippen molar-refractivity contribution in [2.24, 2.45) is 0 Å². The van der Waals surface area contributed by atoms with Crippen LogP contribution in [-0.4, -0.2) is 37.2 Å². The normalized spacial score (nSPS) is 19.9. The summed E-state index contributed by atoms with van der Waals surface area (Å²) in [5.41, 5.74) is 3.54. The molecule has 0 saturated carbocycles. The van der Waals surface area contributed by atoms with Crippen molar-refractivity contribution >= 4 is 22.3 Å². The lowest BCUT2D eigenvalue weighted by molar-refractivity contribution is 0.138. The van der Waals surface area contributed by atoms with Crippen molar-refractivity contribution in [3.05, 3.63) is 52.4 Å². The molecule has 31 heavy (non-hydrogen) atoms. The number of anilines is 2. The zero-order valence-electron chi connectivity index (χ0n) is 18.3. The quantitative estimate of drug-likeness (QED) is 0.601. The summed E-state index contributed by atoms with van der Waals surface area (Å²) < 4.78 is 6.03. The molecule has 0 radical (unpaired) electrons. The minimum atomic E-state index is -0.106. The van der Waals surface area contributed by atoms with Gasteiger partial charge in [-0.2, -0.15) is 0 Å². The van der Waals surface area contributed by atoms with Gasteiger partial charge < -0.3 is 10.1 Å². The molecular weight excluding hydrogens is 408 g/mol. The van der Waals surface area contributed by atoms with Crippen molar-refractivity contribution in [2.45, 2.75) is 64.6 Å². The number of hydrogen-bond donors (Lipinski definition) is 1. The number of aryl methyl sites for hydroxylation is 1. The van der Waals surface area contributed by atoms with Gasteiger partial charge in [0.25, 0.3) is 0 Å². The van der Waals surface area contributed by atoms with E-state index in [-0.39, 0.29) is 11.6 Å². The number of likely N-dealkylation sites (tertiary alicyclic amines) is 1. The van der Waals surface area contributed by atoms with Gasteiger partial charge in [-0.25, -0.2) is 4.98 Å². The molecule has 0 aliphatic carbocycles. The maximum atomic E-state index is 6.03. The molecule has 0 unspecified atom stereocenters. The Kier molecular flexibility index (Phi) is 5.35. The summed E-state index contributed by atoms with van der Waals surface area (Å²) in [6.45, 7) is 8.35. The minimum absolute atomic E-state index is 0.106. The number of nitrogens with zero attached hydrogens (tertiary/aromatic N) is 5. The summed E-state index contributed by atoms with van der Waals surface area (Å²) in [7, 11) is 0. The van der Waals surface area contributed by atoms with Gasteiger partial charge in [0.2, 0.25) is 5.13 Å². The molecule has 1 atom stereocenters. The van der Waals surface area contributed by atoms with E-state index in [4.69, 9.17) is 9.72 Å². The lowest BCUT2D eigenvalue weighted by Crippen LogP contribution is -2.24. The molecule has 0 amide bonds. The first-order chi connectivity index (χ1) is 15.0. The topological polar surface area (TPSA) is 76.1 Å². The molecule has 4 heterocycles. The van der Waals surface area contributed by atoms with Crippen molar-refractivity contribution in [1.29, 1.82) is 0 Å². The van der Waals surface area contributed by atoms with Gasteiger partial charge in [-0.3, -0.25) is 9.88 Å². The Morgan fingerprint density at radius 2 is 2.16 bits per heavy atom. The van der Waals surface area contributed by atoms with Gasteiger partial charge in [0.05, 0.1) is 24.1 Å². The highest BCUT2D eigenvalue weighted by molar-refractivity contribution is 7.15. The zero-order valence-corrected chi connectivity index (χ0v) is 19.1. The molecule has 0 bridgehead atoms. The van der Waals surface area contributed by atoms with Crippen LogP contribution in [-0.2, 0) is 19.4 Å². The van der Waals surface area contributed by atoms with Gasteiger partial charge in [-0.15, -0.1) is 10.2 Å². The Bertz CT molecular complexity index is 1080. The molecule has 1 aromatic carbocycles. The number of rotatable bonds is 6. The monoisotopic (exact) mass is 436 g/mol. The van der Waals surface area contributed by atoms with E-state index in [9.17, 15) is 0 Å². The second-order valence-electron chi connectivity index (χ2n) is 8.92. The van der Waals surface area contributed by atoms with Crippen molar-refractivity contribution < 1.29 is 4.74 Å². The molecule has 2 aromatic heterocycles. The smallest absolute Gasteiger partial charge is 0.211 e. The Balaban J connectivity index is 1.31. The number of hydrogen-bond acceptors (Lipinski definition) is 8. The predicted octanol–water partition coefficient (Wildman–Crippen LogP) is 4.68. The van der Waals surface area contributed by atoms with Crippen molar-refractivity contribution in [1.82, 2.24) is 25.1 Å². The summed E-state index contributed by atoms with van der Waals surface area (Å²) in [6.07, 6.45) is 7.75. The van der Waals surface area contributed by atoms with E-state index in [1.54, 1.807) is 17.5 Å². The van der Waals surface area contributed by atoms with Crippen LogP contribution < -0.4 is 10.1 Å². The van der Waals surface area contributed by atoms with Crippen LogP contribution in [0.5, 0.6) is 5.75 Å². The number of benzene rings is 1. The largest absolute Gasteiger partial charge is 0.487 e. The summed E-state index contributed by atoms with van der Waals surface area (Å²) in [5, 5.41) is 13.4. The van der Waals surface area contributed by atoms with E-state index in [1.165, 1.54) is 17.5 Å². The molecule has 1 saturated heterocycles. The predicted molar refractivity (Wildman–Crippen MR) is 122 cm³/mol. The Labute approximate surface area is 186 Å². The van der Waals surface area contributed by atoms with E-state index in [0.717, 1.165) is 59.8 Å². The molecule has 3 aromatic rings. The van der Waals surface area contributed by atoms with Gasteiger partial charge in [-0.1, -0.05) is 30.4 Å². The fourth-order valence-electron chi connectivity index (χ4n) is 4.50. The lowest BCUT2D eigenvalue weighted by atomic mass is 10.00. The van der Waals surface area contributed by atoms with Gasteiger partial charge in [0, 0.05) is 13.0 Å². The summed E-state index contributed by atoms with van der Waals surface area (Å²) in [4.78, 5) is 11.8. The molecular formula is C23H28N6OS. The van der Waals surface area contributed by atoms with E-state index in [0.29, 0.717) is 0 Å². The van der Waals surface area contributed by atoms with Crippen LogP contribution in [0.2, 0.25) is 0 Å². The van der Waals surface area contributed by atoms with Crippen molar-refractivity contribution in [2.75, 3.05) is 11.9 Å². The van der Waals surface area contributed by atoms with Gasteiger partial charge >= 0.3 is 0 Å². The average Bonchev–Trinajstić information content (AvgIpc) is 3.45. The highest BCUT2D eigenvalue weighted by atomic mass is 32.1. The Morgan fingerprint density at radius 3 is 3.00 bits per heavy atom. The summed E-state index contributed by atoms with van der Waals surface area (Å²) in [6, 6.07) is 6.90. The third kappa shape index (κ3) is 4.41. The van der Waals surface area contributed by atoms with Gasteiger partial charge in [0.1, 0.15) is 16.4 Å². The van der Waals surface area contributed by atoms with Crippen LogP contribution in [0, 0.1) is 0 Å². The van der Waals surface area contributed by atoms with Gasteiger partial charge in [0.15, 0.2) is 5.82 Å². The Hall–Kier alpha value is -2.58. The van der Waals surface area contributed by atoms with Crippen LogP contribution in [0.4, 0.5) is 10.9 Å². The third-order valence-corrected chi connectivity index (χ3v) is 6.86. The van der Waals surface area contributed by atoms with E-state index >= 15 is 0 Å². The van der Waals surface area contributed by atoms with Crippen LogP contribution >= 0.6 is 11.3 Å². The molecule has 162 valence electrons. The van der Waals surface area contributed by atoms with E-state index < -0.39 is 0 Å². The standard InChI is InChI=1S/C23H28N6OS/c1-4-21-27-28-22(31-21)26-20-13-24-12-17(25-20)18-6-5-9-29(18)14-15-7-8-19-16(10-15)11-23(2,3)30-19/h7-8,10,12-13,18H,4-6,9,11,14H2,1-3H3,(H,25,26,28)/t18-/m0/s1. The maximum absolute atomic E-state index is 6.03. The molecule has 7 nitrogen and oxygen atoms in total. The van der Waals surface area contributed by atoms with E-state index in [2.05, 4.69) is 64.4 Å². The number of fused-ring (bicyclic) bond motifs is 1. The molecule has 5 rings (SSSR count). The second-order valence-corrected chi connectivity index (χ2v) is 9.98. The third-order valence-electron chi connectivity index (χ3n) is 5.88. The number of aromatic nitrogens is 4. The highest BCUT2D eigenvalue weighted by Gasteiger charge is 2.31. The van der Waals surface area contributed by atoms with Gasteiger partial charge in [-0.05, 0) is 56.8 Å². The van der Waals surface area contributed by atoms with E-state index in [1.807, 2.05) is 6.20 Å². The maximum Gasteiger partial charge on any atom is 0.211 e. The molecule has 8 heteroatoms. The first-order valence-electron chi connectivity index (χ1n) is 11.0. The average molecular weight is 437 g/mol. The number of nitrogens with one attached hydrogen (secondary N) is 1. The molecule has 1 fully saturated rings. The van der Waals surface area contributed by atoms with Crippen LogP contribution in [0.15, 0.2) is 30.6 Å². The molecule has 2 aliphatic heterocycles. The first-order valence-corrected chi connectivity index (χ1v) is 11.8. The van der Waals surface area contributed by atoms with Crippen LogP contribution in [0.25, 0.3) is 0 Å². The molecule has 1 N–H and O–H groups in total. The molecule has 0 spiro atoms. The summed E-state index contributed by atoms with van der Waals surface area (Å²) in [5.74, 6) is 1.75. The zero-order chi connectivity index (χ0) is 21.4. The van der Waals surface area contributed by atoms with Crippen LogP contribution in [0.1, 0.15) is 61.5 Å². The Morgan fingerprint density at radius 1 is 1.26 bits per heavy atom. The number of ether oxygens (including phenoxy) is 1. The van der Waals surface area contributed by atoms with Crippen LogP contribution in [0.3, 0.4) is 0 Å². The SMILES string of the molecule is CCc1nnc(Nc2cncc([C@@H]3CCCN3Cc3ccc4c(c3)CC(C)(C)O4)n2)s1. The molecule has 2 aliphatic rings. The van der Waals surface area contributed by atoms with Crippen molar-refractivity contribution in [3.63, 3.8) is 0 Å². The summed E-state index contributed by atoms with van der Waals surface area (Å²) >= 11 is 1.56. The second kappa shape index (κ2) is 8.16. The van der Waals surface area contributed by atoms with Crippen molar-refractivity contribution in [3.8, 4) is 5.75 Å². The minimum Gasteiger partial charge on any atom is -0.487 e. The lowest BCUT2D eigenvalue weighted by Gasteiger charge is -2.24. The fraction of sp³-hybridized carbons (Fsp3) is 0.478. The fourth-order valence-corrected chi connectivity index (χ4v) is 5.19. The first kappa shape index (κ1) is 20.3.